The van der Waals surface area contributed by atoms with E-state index in [4.69, 9.17) is 24.2 Å². The first-order valence-corrected chi connectivity index (χ1v) is 12.8. The first kappa shape index (κ1) is 30.4. The molecule has 0 aliphatic rings. The van der Waals surface area contributed by atoms with Crippen LogP contribution in [0.2, 0.25) is 0 Å². The lowest BCUT2D eigenvalue weighted by atomic mass is 9.85. The van der Waals surface area contributed by atoms with Gasteiger partial charge in [-0.3, -0.25) is 14.4 Å². The summed E-state index contributed by atoms with van der Waals surface area (Å²) in [5, 5.41) is 8.93. The van der Waals surface area contributed by atoms with Crippen LogP contribution in [-0.2, 0) is 28.6 Å². The highest BCUT2D eigenvalue weighted by Crippen LogP contribution is 2.26. The van der Waals surface area contributed by atoms with Gasteiger partial charge in [0.15, 0.2) is 0 Å². The molecule has 0 aliphatic carbocycles. The predicted molar refractivity (Wildman–Crippen MR) is 142 cm³/mol. The first-order valence-electron chi connectivity index (χ1n) is 12.8. The van der Waals surface area contributed by atoms with E-state index in [2.05, 4.69) is 6.07 Å². The smallest absolute Gasteiger partial charge is 0.310 e. The summed E-state index contributed by atoms with van der Waals surface area (Å²) in [6.45, 7) is 10.4. The maximum atomic E-state index is 12.7. The fraction of sp³-hybridized carbons (Fsp3) is 0.467. The number of rotatable bonds is 13. The molecule has 204 valence electrons. The quantitative estimate of drug-likeness (QED) is 0.197. The van der Waals surface area contributed by atoms with E-state index in [-0.39, 0.29) is 31.8 Å². The molecule has 2 aromatic carbocycles. The van der Waals surface area contributed by atoms with Crippen molar-refractivity contribution >= 4 is 17.9 Å². The van der Waals surface area contributed by atoms with Gasteiger partial charge in [0, 0.05) is 0 Å². The maximum Gasteiger partial charge on any atom is 0.310 e. The van der Waals surface area contributed by atoms with Crippen molar-refractivity contribution in [2.75, 3.05) is 13.2 Å². The van der Waals surface area contributed by atoms with Crippen molar-refractivity contribution < 1.29 is 33.3 Å². The molecule has 8 heteroatoms. The maximum absolute atomic E-state index is 12.7. The van der Waals surface area contributed by atoms with Crippen LogP contribution in [0.1, 0.15) is 53.5 Å². The lowest BCUT2D eigenvalue weighted by Gasteiger charge is -2.25. The Morgan fingerprint density at radius 1 is 0.737 bits per heavy atom. The van der Waals surface area contributed by atoms with Crippen LogP contribution in [0.25, 0.3) is 11.1 Å². The normalized spacial score (nSPS) is 13.2. The van der Waals surface area contributed by atoms with E-state index in [9.17, 15) is 14.4 Å². The van der Waals surface area contributed by atoms with Crippen LogP contribution in [0, 0.1) is 29.1 Å². The average molecular weight is 524 g/mol. The minimum absolute atomic E-state index is 0.0343. The zero-order valence-electron chi connectivity index (χ0n) is 22.9. The summed E-state index contributed by atoms with van der Waals surface area (Å²) in [5.74, 6) is -3.16. The van der Waals surface area contributed by atoms with Crippen molar-refractivity contribution in [2.45, 2.75) is 60.2 Å². The van der Waals surface area contributed by atoms with E-state index in [1.165, 1.54) is 0 Å². The molecule has 8 nitrogen and oxygen atoms in total. The van der Waals surface area contributed by atoms with Gasteiger partial charge in [-0.15, -0.1) is 0 Å². The molecule has 0 saturated heterocycles. The summed E-state index contributed by atoms with van der Waals surface area (Å²) in [6, 6.07) is 16.9. The summed E-state index contributed by atoms with van der Waals surface area (Å²) >= 11 is 0. The molecule has 38 heavy (non-hydrogen) atoms. The molecular weight excluding hydrogens is 486 g/mol. The summed E-state index contributed by atoms with van der Waals surface area (Å²) in [4.78, 5) is 37.7. The number of carbonyl (C=O) groups excluding carboxylic acids is 3. The lowest BCUT2D eigenvalue weighted by Crippen LogP contribution is -2.35. The number of hydrogen-bond acceptors (Lipinski definition) is 8. The average Bonchev–Trinajstić information content (AvgIpc) is 2.88. The molecule has 0 amide bonds. The van der Waals surface area contributed by atoms with Gasteiger partial charge in [-0.05, 0) is 69.5 Å². The largest absolute Gasteiger partial charge is 0.490 e. The molecule has 0 bridgehead atoms. The van der Waals surface area contributed by atoms with Crippen LogP contribution in [-0.4, -0.2) is 43.3 Å². The Morgan fingerprint density at radius 3 is 1.79 bits per heavy atom. The molecule has 3 atom stereocenters. The van der Waals surface area contributed by atoms with Gasteiger partial charge in [0.2, 0.25) is 0 Å². The Bertz CT molecular complexity index is 1100. The van der Waals surface area contributed by atoms with E-state index in [0.717, 1.165) is 11.1 Å². The zero-order chi connectivity index (χ0) is 28.2. The number of hydrogen-bond donors (Lipinski definition) is 0. The number of nitriles is 1. The summed E-state index contributed by atoms with van der Waals surface area (Å²) < 4.78 is 21.6. The summed E-state index contributed by atoms with van der Waals surface area (Å²) in [6.07, 6.45) is -0.576. The molecule has 0 saturated carbocycles. The van der Waals surface area contributed by atoms with Crippen LogP contribution >= 0.6 is 0 Å². The third-order valence-corrected chi connectivity index (χ3v) is 5.79. The highest BCUT2D eigenvalue weighted by atomic mass is 16.6. The highest BCUT2D eigenvalue weighted by Gasteiger charge is 2.36. The van der Waals surface area contributed by atoms with Gasteiger partial charge in [0.1, 0.15) is 19.0 Å². The van der Waals surface area contributed by atoms with E-state index in [1.807, 2.05) is 36.4 Å². The molecular formula is C30H37NO7. The van der Waals surface area contributed by atoms with E-state index >= 15 is 0 Å². The van der Waals surface area contributed by atoms with Crippen LogP contribution in [0.5, 0.6) is 5.75 Å². The van der Waals surface area contributed by atoms with Crippen LogP contribution in [0.4, 0.5) is 0 Å². The third-order valence-electron chi connectivity index (χ3n) is 5.79. The fourth-order valence-corrected chi connectivity index (χ4v) is 3.73. The Balaban J connectivity index is 1.87. The van der Waals surface area contributed by atoms with Crippen molar-refractivity contribution in [3.8, 4) is 22.9 Å². The Morgan fingerprint density at radius 2 is 1.26 bits per heavy atom. The highest BCUT2D eigenvalue weighted by molar-refractivity contribution is 5.83. The van der Waals surface area contributed by atoms with Crippen molar-refractivity contribution in [1.82, 2.24) is 0 Å². The summed E-state index contributed by atoms with van der Waals surface area (Å²) in [7, 11) is 0. The van der Waals surface area contributed by atoms with Gasteiger partial charge in [0.05, 0.1) is 41.6 Å². The van der Waals surface area contributed by atoms with Gasteiger partial charge in [-0.25, -0.2) is 0 Å². The van der Waals surface area contributed by atoms with Crippen molar-refractivity contribution in [2.24, 2.45) is 17.8 Å². The van der Waals surface area contributed by atoms with Crippen molar-refractivity contribution in [1.29, 1.82) is 5.26 Å². The van der Waals surface area contributed by atoms with Gasteiger partial charge in [-0.2, -0.15) is 5.26 Å². The molecule has 3 unspecified atom stereocenters. The minimum atomic E-state index is -0.836. The SMILES string of the molecule is CC(C)OC(=O)C(C)C(CC(C)C(=O)OCCOc1ccc(-c2ccc(C#N)cc2)cc1)C(=O)OC(C)C. The van der Waals surface area contributed by atoms with E-state index < -0.39 is 35.7 Å². The standard InChI is InChI=1S/C30H37NO7/c1-19(2)37-29(33)22(6)27(30(34)38-20(3)4)17-21(5)28(32)36-16-15-35-26-13-11-25(12-14-26)24-9-7-23(18-31)8-10-24/h7-14,19-22,27H,15-17H2,1-6H3. The van der Waals surface area contributed by atoms with Crippen LogP contribution < -0.4 is 4.74 Å². The molecule has 2 aromatic rings. The molecule has 0 aliphatic heterocycles. The number of esters is 3. The number of carbonyl (C=O) groups is 3. The van der Waals surface area contributed by atoms with Gasteiger partial charge < -0.3 is 18.9 Å². The number of benzene rings is 2. The molecule has 0 aromatic heterocycles. The first-order chi connectivity index (χ1) is 18.0. The molecule has 2 rings (SSSR count). The van der Waals surface area contributed by atoms with Crippen molar-refractivity contribution in [3.05, 3.63) is 54.1 Å². The number of nitrogens with zero attached hydrogens (tertiary/aromatic N) is 1. The van der Waals surface area contributed by atoms with Gasteiger partial charge >= 0.3 is 17.9 Å². The Kier molecular flexibility index (Phi) is 11.8. The van der Waals surface area contributed by atoms with Crippen LogP contribution in [0.15, 0.2) is 48.5 Å². The molecule has 0 N–H and O–H groups in total. The molecule has 0 spiro atoms. The fourth-order valence-electron chi connectivity index (χ4n) is 3.73. The minimum Gasteiger partial charge on any atom is -0.490 e. The molecule has 0 radical (unpaired) electrons. The lowest BCUT2D eigenvalue weighted by molar-refractivity contribution is -0.166. The molecule has 0 heterocycles. The monoisotopic (exact) mass is 523 g/mol. The Labute approximate surface area is 224 Å². The topological polar surface area (TPSA) is 112 Å². The van der Waals surface area contributed by atoms with Crippen LogP contribution in [0.3, 0.4) is 0 Å². The van der Waals surface area contributed by atoms with E-state index in [0.29, 0.717) is 11.3 Å². The van der Waals surface area contributed by atoms with Gasteiger partial charge in [0.25, 0.3) is 0 Å². The zero-order valence-corrected chi connectivity index (χ0v) is 22.9. The molecule has 0 fully saturated rings. The Hall–Kier alpha value is -3.86. The summed E-state index contributed by atoms with van der Waals surface area (Å²) in [5.41, 5.74) is 2.58. The van der Waals surface area contributed by atoms with E-state index in [1.54, 1.807) is 53.7 Å². The van der Waals surface area contributed by atoms with Gasteiger partial charge in [-0.1, -0.05) is 38.1 Å². The second-order valence-corrected chi connectivity index (χ2v) is 9.73. The predicted octanol–water partition coefficient (Wildman–Crippen LogP) is 5.33. The van der Waals surface area contributed by atoms with Crippen molar-refractivity contribution in [3.63, 3.8) is 0 Å². The second kappa shape index (κ2) is 14.8. The number of ether oxygens (including phenoxy) is 4. The second-order valence-electron chi connectivity index (χ2n) is 9.73. The third kappa shape index (κ3) is 9.55.